The van der Waals surface area contributed by atoms with Gasteiger partial charge in [-0.25, -0.2) is 0 Å². The molecule has 1 aliphatic heterocycles. The molecule has 3 heteroatoms. The minimum atomic E-state index is -0.178. The molecule has 2 aliphatic carbocycles. The highest BCUT2D eigenvalue weighted by atomic mass is 16.2. The molecule has 0 spiro atoms. The summed E-state index contributed by atoms with van der Waals surface area (Å²) >= 11 is 0. The molecule has 0 radical (unpaired) electrons. The van der Waals surface area contributed by atoms with Gasteiger partial charge in [0, 0.05) is 21.1 Å². The largest absolute Gasteiger partial charge is 0.341 e. The number of hydrogen-bond donors (Lipinski definition) is 1. The van der Waals surface area contributed by atoms with Crippen molar-refractivity contribution in [3.8, 4) is 0 Å². The zero-order chi connectivity index (χ0) is 21.0. The second-order valence-electron chi connectivity index (χ2n) is 10.7. The van der Waals surface area contributed by atoms with Crippen LogP contribution in [0.15, 0.2) is 30.3 Å². The topological polar surface area (TPSA) is 32.3 Å². The Hall–Kier alpha value is -1.35. The number of benzene rings is 1. The summed E-state index contributed by atoms with van der Waals surface area (Å²) in [4.78, 5) is 16.4. The summed E-state index contributed by atoms with van der Waals surface area (Å²) < 4.78 is 0. The number of nitrogens with one attached hydrogen (secondary N) is 1. The molecule has 30 heavy (non-hydrogen) atoms. The molecule has 1 N–H and O–H groups in total. The van der Waals surface area contributed by atoms with E-state index in [0.29, 0.717) is 11.8 Å². The first-order valence-corrected chi connectivity index (χ1v) is 12.6. The number of carbonyl (C=O) groups is 1. The third-order valence-electron chi connectivity index (χ3n) is 8.40. The number of carbonyl (C=O) groups excluding carboxylic acids is 1. The maximum absolute atomic E-state index is 14.2. The number of rotatable bonds is 3. The highest BCUT2D eigenvalue weighted by Gasteiger charge is 2.55. The first-order chi connectivity index (χ1) is 14.6. The summed E-state index contributed by atoms with van der Waals surface area (Å²) in [6, 6.07) is 11.2. The van der Waals surface area contributed by atoms with Crippen molar-refractivity contribution in [1.29, 1.82) is 0 Å². The van der Waals surface area contributed by atoms with E-state index in [4.69, 9.17) is 0 Å². The van der Waals surface area contributed by atoms with Gasteiger partial charge in [0.15, 0.2) is 0 Å². The van der Waals surface area contributed by atoms with E-state index in [-0.39, 0.29) is 12.3 Å². The summed E-state index contributed by atoms with van der Waals surface area (Å²) in [6.07, 6.45) is 11.9. The maximum atomic E-state index is 14.2. The van der Waals surface area contributed by atoms with Gasteiger partial charge in [-0.15, -0.1) is 0 Å². The van der Waals surface area contributed by atoms with Crippen LogP contribution in [0.25, 0.3) is 0 Å². The highest BCUT2D eigenvalue weighted by molar-refractivity contribution is 5.83. The fourth-order valence-corrected chi connectivity index (χ4v) is 7.22. The van der Waals surface area contributed by atoms with E-state index >= 15 is 0 Å². The van der Waals surface area contributed by atoms with E-state index in [1.54, 1.807) is 0 Å². The van der Waals surface area contributed by atoms with Gasteiger partial charge in [-0.3, -0.25) is 4.79 Å². The molecule has 0 aromatic heterocycles. The number of nitrogens with zero attached hydrogens (tertiary/aromatic N) is 1. The van der Waals surface area contributed by atoms with Crippen LogP contribution in [0.5, 0.6) is 0 Å². The Morgan fingerprint density at radius 2 is 1.87 bits per heavy atom. The molecule has 3 fully saturated rings. The summed E-state index contributed by atoms with van der Waals surface area (Å²) in [5.41, 5.74) is 1.49. The molecule has 168 valence electrons. The van der Waals surface area contributed by atoms with Crippen molar-refractivity contribution < 1.29 is 6.22 Å². The molecule has 3 nitrogen and oxygen atoms in total. The Morgan fingerprint density at radius 1 is 1.07 bits per heavy atom. The van der Waals surface area contributed by atoms with Gasteiger partial charge in [0.05, 0.1) is 5.41 Å². The second-order valence-corrected chi connectivity index (χ2v) is 10.7. The van der Waals surface area contributed by atoms with Crippen LogP contribution in [0.3, 0.4) is 0 Å². The number of amides is 1. The summed E-state index contributed by atoms with van der Waals surface area (Å²) in [5, 5.41) is 3.56. The monoisotopic (exact) mass is 412 g/mol. The minimum Gasteiger partial charge on any atom is -0.341 e. The molecule has 1 heterocycles. The van der Waals surface area contributed by atoms with Gasteiger partial charge in [0.2, 0.25) is 5.91 Å². The van der Waals surface area contributed by atoms with Crippen molar-refractivity contribution in [3.63, 3.8) is 0 Å². The fourth-order valence-electron chi connectivity index (χ4n) is 7.22. The van der Waals surface area contributed by atoms with Crippen LogP contribution in [0, 0.1) is 17.3 Å². The standard InChI is InChI=1S/C27H42N2O.H2/c1-3-26(25(30)29-15-10-5-4-9-13-28-14-16-29)19-23-17-22(2)18-27(20-23,21-26)24-11-7-6-8-12-24;/h6-8,11-12,22-23,28H,3-5,9-10,13-21H2,1-2H3;1H. The first kappa shape index (κ1) is 21.9. The van der Waals surface area contributed by atoms with E-state index in [0.717, 1.165) is 57.8 Å². The van der Waals surface area contributed by atoms with E-state index in [9.17, 15) is 4.79 Å². The second kappa shape index (κ2) is 9.42. The van der Waals surface area contributed by atoms with Gasteiger partial charge >= 0.3 is 0 Å². The van der Waals surface area contributed by atoms with Crippen molar-refractivity contribution in [3.05, 3.63) is 35.9 Å². The summed E-state index contributed by atoms with van der Waals surface area (Å²) in [7, 11) is 0. The van der Waals surface area contributed by atoms with E-state index in [1.165, 1.54) is 44.1 Å². The van der Waals surface area contributed by atoms with Crippen LogP contribution in [0.1, 0.15) is 85.0 Å². The van der Waals surface area contributed by atoms with Crippen LogP contribution in [-0.2, 0) is 10.2 Å². The van der Waals surface area contributed by atoms with Crippen molar-refractivity contribution in [2.75, 3.05) is 26.2 Å². The molecule has 3 aliphatic rings. The van der Waals surface area contributed by atoms with Crippen molar-refractivity contribution in [1.82, 2.24) is 10.2 Å². The lowest BCUT2D eigenvalue weighted by Gasteiger charge is -2.56. The highest BCUT2D eigenvalue weighted by Crippen LogP contribution is 2.59. The summed E-state index contributed by atoms with van der Waals surface area (Å²) in [5.74, 6) is 1.91. The van der Waals surface area contributed by atoms with Crippen molar-refractivity contribution in [2.45, 2.75) is 83.5 Å². The molecule has 4 rings (SSSR count). The zero-order valence-corrected chi connectivity index (χ0v) is 19.3. The van der Waals surface area contributed by atoms with E-state index in [1.807, 2.05) is 0 Å². The Morgan fingerprint density at radius 3 is 2.67 bits per heavy atom. The van der Waals surface area contributed by atoms with E-state index < -0.39 is 0 Å². The van der Waals surface area contributed by atoms with Gasteiger partial charge in [-0.1, -0.05) is 57.0 Å². The van der Waals surface area contributed by atoms with Gasteiger partial charge in [0.25, 0.3) is 0 Å². The average Bonchev–Trinajstić information content (AvgIpc) is 2.76. The van der Waals surface area contributed by atoms with Gasteiger partial charge < -0.3 is 10.2 Å². The maximum Gasteiger partial charge on any atom is 0.228 e. The Bertz CT molecular complexity index is 696. The average molecular weight is 413 g/mol. The molecule has 1 aromatic rings. The first-order valence-electron chi connectivity index (χ1n) is 12.6. The Labute approximate surface area is 185 Å². The normalized spacial score (nSPS) is 35.6. The smallest absolute Gasteiger partial charge is 0.228 e. The predicted molar refractivity (Wildman–Crippen MR) is 127 cm³/mol. The molecule has 4 unspecified atom stereocenters. The van der Waals surface area contributed by atoms with E-state index in [2.05, 4.69) is 54.4 Å². The fraction of sp³-hybridized carbons (Fsp3) is 0.741. The number of hydrogen-bond acceptors (Lipinski definition) is 2. The lowest BCUT2D eigenvalue weighted by atomic mass is 9.49. The Kier molecular flexibility index (Phi) is 6.87. The van der Waals surface area contributed by atoms with Crippen LogP contribution in [-0.4, -0.2) is 37.0 Å². The Balaban J connectivity index is 0.00000272. The van der Waals surface area contributed by atoms with Crippen LogP contribution >= 0.6 is 0 Å². The SMILES string of the molecule is CCC1(C(=O)N2CCCCCCNCC2)CC2CC(C)CC(c3ccccc3)(C2)C1.[HH]. The van der Waals surface area contributed by atoms with Crippen molar-refractivity contribution in [2.24, 2.45) is 17.3 Å². The molecular formula is C27H44N2O. The molecule has 2 saturated carbocycles. The van der Waals surface area contributed by atoms with Crippen molar-refractivity contribution >= 4 is 5.91 Å². The number of fused-ring (bicyclic) bond motifs is 2. The van der Waals surface area contributed by atoms with Gasteiger partial charge in [-0.2, -0.15) is 0 Å². The molecule has 2 bridgehead atoms. The predicted octanol–water partition coefficient (Wildman–Crippen LogP) is 5.79. The van der Waals surface area contributed by atoms with Gasteiger partial charge in [-0.05, 0) is 80.7 Å². The summed E-state index contributed by atoms with van der Waals surface area (Å²) in [6.45, 7) is 8.57. The molecular weight excluding hydrogens is 368 g/mol. The molecule has 1 aromatic carbocycles. The molecule has 1 saturated heterocycles. The third kappa shape index (κ3) is 4.47. The molecule has 4 atom stereocenters. The lowest BCUT2D eigenvalue weighted by Crippen LogP contribution is -2.55. The minimum absolute atomic E-state index is 0. The lowest BCUT2D eigenvalue weighted by molar-refractivity contribution is -0.150. The van der Waals surface area contributed by atoms with Crippen LogP contribution in [0.4, 0.5) is 0 Å². The van der Waals surface area contributed by atoms with Gasteiger partial charge in [0.1, 0.15) is 0 Å². The third-order valence-corrected chi connectivity index (χ3v) is 8.40. The quantitative estimate of drug-likeness (QED) is 0.681. The van der Waals surface area contributed by atoms with Crippen LogP contribution in [0.2, 0.25) is 0 Å². The molecule has 1 amide bonds. The van der Waals surface area contributed by atoms with Crippen LogP contribution < -0.4 is 5.32 Å². The zero-order valence-electron chi connectivity index (χ0n) is 19.3.